The molecule has 1 aliphatic carbocycles. The van der Waals surface area contributed by atoms with E-state index in [4.69, 9.17) is 9.15 Å². The van der Waals surface area contributed by atoms with E-state index < -0.39 is 17.8 Å². The third-order valence-corrected chi connectivity index (χ3v) is 7.55. The summed E-state index contributed by atoms with van der Waals surface area (Å²) in [4.78, 5) is 11.8. The zero-order chi connectivity index (χ0) is 23.2. The smallest absolute Gasteiger partial charge is 0.157 e. The highest BCUT2D eigenvalue weighted by Gasteiger charge is 2.67. The van der Waals surface area contributed by atoms with Crippen LogP contribution in [0, 0.1) is 11.8 Å². The van der Waals surface area contributed by atoms with E-state index in [0.29, 0.717) is 37.0 Å². The Labute approximate surface area is 189 Å². The van der Waals surface area contributed by atoms with Crippen molar-refractivity contribution in [3.8, 4) is 5.75 Å². The number of aldehydes is 1. The second kappa shape index (κ2) is 8.81. The molecule has 176 valence electrons. The highest BCUT2D eigenvalue weighted by Crippen LogP contribution is 2.54. The number of benzene rings is 1. The molecule has 2 aliphatic rings. The molecule has 6 heteroatoms. The quantitative estimate of drug-likeness (QED) is 0.402. The summed E-state index contributed by atoms with van der Waals surface area (Å²) in [5, 5.41) is 33.4. The fourth-order valence-electron chi connectivity index (χ4n) is 6.00. The van der Waals surface area contributed by atoms with Gasteiger partial charge in [0.05, 0.1) is 30.1 Å². The van der Waals surface area contributed by atoms with Crippen molar-refractivity contribution in [1.82, 2.24) is 0 Å². The minimum absolute atomic E-state index is 0.00363. The molecule has 1 spiro atoms. The van der Waals surface area contributed by atoms with Crippen molar-refractivity contribution in [3.05, 3.63) is 29.0 Å². The number of aliphatic hydroxyl groups is 2. The summed E-state index contributed by atoms with van der Waals surface area (Å²) in [6, 6.07) is 1.95. The van der Waals surface area contributed by atoms with Gasteiger partial charge in [-0.1, -0.05) is 34.1 Å². The third kappa shape index (κ3) is 3.66. The van der Waals surface area contributed by atoms with Gasteiger partial charge in [-0.25, -0.2) is 0 Å². The number of rotatable bonds is 8. The van der Waals surface area contributed by atoms with Crippen LogP contribution >= 0.6 is 0 Å². The van der Waals surface area contributed by atoms with Crippen LogP contribution in [0.2, 0.25) is 0 Å². The normalized spacial score (nSPS) is 30.8. The van der Waals surface area contributed by atoms with E-state index in [9.17, 15) is 20.1 Å². The molecular weight excluding hydrogens is 408 g/mol. The van der Waals surface area contributed by atoms with E-state index >= 15 is 0 Å². The first-order chi connectivity index (χ1) is 15.3. The number of fused-ring (bicyclic) bond motifs is 1. The average molecular weight is 445 g/mol. The van der Waals surface area contributed by atoms with Crippen LogP contribution in [0.5, 0.6) is 5.75 Å². The Kier molecular flexibility index (Phi) is 6.40. The number of carbonyl (C=O) groups excluding carboxylic acids is 1. The van der Waals surface area contributed by atoms with E-state index in [2.05, 4.69) is 20.8 Å². The van der Waals surface area contributed by atoms with Gasteiger partial charge in [0.1, 0.15) is 16.9 Å². The van der Waals surface area contributed by atoms with E-state index in [1.54, 1.807) is 6.26 Å². The predicted molar refractivity (Wildman–Crippen MR) is 122 cm³/mol. The number of carbonyl (C=O) groups is 1. The van der Waals surface area contributed by atoms with E-state index in [0.717, 1.165) is 35.8 Å². The second-order valence-electron chi connectivity index (χ2n) is 10.1. The molecule has 2 heterocycles. The van der Waals surface area contributed by atoms with Gasteiger partial charge in [0.15, 0.2) is 6.29 Å². The molecule has 2 fully saturated rings. The monoisotopic (exact) mass is 444 g/mol. The topological polar surface area (TPSA) is 103 Å². The molecule has 1 saturated heterocycles. The Balaban J connectivity index is 1.73. The molecule has 6 nitrogen and oxygen atoms in total. The van der Waals surface area contributed by atoms with Crippen LogP contribution in [-0.4, -0.2) is 45.5 Å². The number of epoxide rings is 1. The maximum atomic E-state index is 11.8. The van der Waals surface area contributed by atoms with Gasteiger partial charge in [0.25, 0.3) is 0 Å². The SMILES string of the molecule is CCC[C@@H](c1coc2c(C=O)c(O)c(CC(C)C)cc12)[C@H]1C[C@@H](O)[C@@]2(OC2CC)[C@H](O)C1. The van der Waals surface area contributed by atoms with Crippen LogP contribution in [0.4, 0.5) is 0 Å². The van der Waals surface area contributed by atoms with Crippen molar-refractivity contribution in [2.24, 2.45) is 11.8 Å². The standard InChI is InChI=1S/C26H36O6/c1-5-7-17(15-10-21(28)26(22(29)11-15)23(6-2)32-26)20-13-31-25-18(20)9-16(8-14(3)4)24(30)19(25)12-27/h9,12-15,17,21-23,28-30H,5-8,10-11H2,1-4H3/t15-,17-,21-,22-,23?,26+/m1/s1. The van der Waals surface area contributed by atoms with Crippen LogP contribution in [-0.2, 0) is 11.2 Å². The Hall–Kier alpha value is -1.89. The molecule has 1 aliphatic heterocycles. The first-order valence-corrected chi connectivity index (χ1v) is 12.0. The molecule has 4 atom stereocenters. The van der Waals surface area contributed by atoms with Crippen molar-refractivity contribution in [1.29, 1.82) is 0 Å². The van der Waals surface area contributed by atoms with Gasteiger partial charge in [0, 0.05) is 10.9 Å². The summed E-state index contributed by atoms with van der Waals surface area (Å²) in [5.41, 5.74) is 1.53. The first-order valence-electron chi connectivity index (χ1n) is 12.0. The van der Waals surface area contributed by atoms with Gasteiger partial charge >= 0.3 is 0 Å². The number of hydrogen-bond donors (Lipinski definition) is 3. The minimum Gasteiger partial charge on any atom is -0.507 e. The summed E-state index contributed by atoms with van der Waals surface area (Å²) in [6.07, 6.45) is 5.24. The molecule has 1 saturated carbocycles. The number of hydrogen-bond acceptors (Lipinski definition) is 6. The van der Waals surface area contributed by atoms with Gasteiger partial charge < -0.3 is 24.5 Å². The van der Waals surface area contributed by atoms with E-state index in [1.165, 1.54) is 0 Å². The lowest BCUT2D eigenvalue weighted by Crippen LogP contribution is -2.50. The van der Waals surface area contributed by atoms with Crippen molar-refractivity contribution in [3.63, 3.8) is 0 Å². The molecule has 1 aromatic carbocycles. The minimum atomic E-state index is -0.804. The lowest BCUT2D eigenvalue weighted by atomic mass is 9.68. The van der Waals surface area contributed by atoms with Gasteiger partial charge in [-0.2, -0.15) is 0 Å². The molecule has 3 N–H and O–H groups in total. The molecule has 0 amide bonds. The summed E-state index contributed by atoms with van der Waals surface area (Å²) in [7, 11) is 0. The van der Waals surface area contributed by atoms with Crippen molar-refractivity contribution >= 4 is 17.3 Å². The van der Waals surface area contributed by atoms with Crippen LogP contribution in [0.25, 0.3) is 11.0 Å². The fourth-order valence-corrected chi connectivity index (χ4v) is 6.00. The number of furan rings is 1. The molecule has 1 unspecified atom stereocenters. The zero-order valence-corrected chi connectivity index (χ0v) is 19.5. The average Bonchev–Trinajstić information content (AvgIpc) is 3.36. The van der Waals surface area contributed by atoms with Crippen LogP contribution in [0.15, 0.2) is 16.7 Å². The number of phenolic OH excluding ortho intramolecular Hbond substituents is 1. The van der Waals surface area contributed by atoms with Crippen LogP contribution in [0.3, 0.4) is 0 Å². The Morgan fingerprint density at radius 3 is 2.44 bits per heavy atom. The van der Waals surface area contributed by atoms with Crippen molar-refractivity contribution in [2.75, 3.05) is 0 Å². The Morgan fingerprint density at radius 1 is 1.22 bits per heavy atom. The maximum Gasteiger partial charge on any atom is 0.157 e. The zero-order valence-electron chi connectivity index (χ0n) is 19.5. The Bertz CT molecular complexity index is 964. The largest absolute Gasteiger partial charge is 0.507 e. The predicted octanol–water partition coefficient (Wildman–Crippen LogP) is 4.71. The molecule has 2 aromatic rings. The molecule has 0 bridgehead atoms. The number of aromatic hydroxyl groups is 1. The molecule has 0 radical (unpaired) electrons. The first kappa shape index (κ1) is 23.3. The van der Waals surface area contributed by atoms with E-state index in [1.807, 2.05) is 13.0 Å². The Morgan fingerprint density at radius 2 is 1.91 bits per heavy atom. The van der Waals surface area contributed by atoms with Gasteiger partial charge in [0.2, 0.25) is 0 Å². The summed E-state index contributed by atoms with van der Waals surface area (Å²) in [6.45, 7) is 8.28. The lowest BCUT2D eigenvalue weighted by molar-refractivity contribution is -0.0689. The van der Waals surface area contributed by atoms with Gasteiger partial charge in [-0.3, -0.25) is 4.79 Å². The third-order valence-electron chi connectivity index (χ3n) is 7.55. The molecule has 32 heavy (non-hydrogen) atoms. The highest BCUT2D eigenvalue weighted by atomic mass is 16.6. The number of aliphatic hydroxyl groups excluding tert-OH is 2. The summed E-state index contributed by atoms with van der Waals surface area (Å²) in [5.74, 6) is 0.452. The van der Waals surface area contributed by atoms with Crippen molar-refractivity contribution < 1.29 is 29.3 Å². The van der Waals surface area contributed by atoms with Gasteiger partial charge in [-0.15, -0.1) is 0 Å². The second-order valence-corrected chi connectivity index (χ2v) is 10.1. The van der Waals surface area contributed by atoms with E-state index in [-0.39, 0.29) is 29.3 Å². The fraction of sp³-hybridized carbons (Fsp3) is 0.654. The van der Waals surface area contributed by atoms with Gasteiger partial charge in [-0.05, 0) is 61.5 Å². The molecule has 4 rings (SSSR count). The number of phenols is 1. The summed E-state index contributed by atoms with van der Waals surface area (Å²) >= 11 is 0. The number of ether oxygens (including phenoxy) is 1. The van der Waals surface area contributed by atoms with Crippen LogP contribution in [0.1, 0.15) is 87.2 Å². The van der Waals surface area contributed by atoms with Crippen LogP contribution < -0.4 is 0 Å². The lowest BCUT2D eigenvalue weighted by Gasteiger charge is -2.39. The molecular formula is C26H36O6. The highest BCUT2D eigenvalue weighted by molar-refractivity contribution is 6.00. The summed E-state index contributed by atoms with van der Waals surface area (Å²) < 4.78 is 11.6. The molecule has 1 aromatic heterocycles. The van der Waals surface area contributed by atoms with Crippen molar-refractivity contribution in [2.45, 2.75) is 96.1 Å². The maximum absolute atomic E-state index is 11.8.